The van der Waals surface area contributed by atoms with Crippen LogP contribution >= 0.6 is 0 Å². The van der Waals surface area contributed by atoms with Crippen LogP contribution in [0, 0.1) is 11.3 Å². The second-order valence-corrected chi connectivity index (χ2v) is 5.09. The molecule has 3 rings (SSSR count). The summed E-state index contributed by atoms with van der Waals surface area (Å²) in [5.74, 6) is 0.261. The molecule has 0 amide bonds. The third-order valence-corrected chi connectivity index (χ3v) is 3.62. The highest BCUT2D eigenvalue weighted by Gasteiger charge is 2.11. The van der Waals surface area contributed by atoms with Crippen LogP contribution in [0.4, 0.5) is 0 Å². The van der Waals surface area contributed by atoms with Crippen LogP contribution in [0.2, 0.25) is 0 Å². The minimum absolute atomic E-state index is 0.261. The summed E-state index contributed by atoms with van der Waals surface area (Å²) < 4.78 is 2.61. The largest absolute Gasteiger partial charge is 0.339 e. The lowest BCUT2D eigenvalue weighted by Crippen LogP contribution is -2.39. The first-order valence-corrected chi connectivity index (χ1v) is 7.19. The van der Waals surface area contributed by atoms with Gasteiger partial charge in [-0.25, -0.2) is 23.5 Å². The second kappa shape index (κ2) is 5.85. The molecule has 0 saturated heterocycles. The zero-order valence-electron chi connectivity index (χ0n) is 12.0. The molecule has 0 radical (unpaired) electrons. The molecule has 0 aliphatic rings. The van der Waals surface area contributed by atoms with Gasteiger partial charge in [-0.1, -0.05) is 18.6 Å². The normalized spacial score (nSPS) is 11.0. The number of nitrogens with one attached hydrogen (secondary N) is 1. The van der Waals surface area contributed by atoms with Gasteiger partial charge in [0.05, 0.1) is 17.1 Å². The van der Waals surface area contributed by atoms with Crippen LogP contribution in [0.1, 0.15) is 25.7 Å². The van der Waals surface area contributed by atoms with E-state index >= 15 is 0 Å². The van der Waals surface area contributed by atoms with E-state index in [1.54, 1.807) is 12.1 Å². The molecule has 3 aromatic rings. The van der Waals surface area contributed by atoms with Crippen molar-refractivity contribution >= 4 is 16.8 Å². The molecule has 0 atom stereocenters. The van der Waals surface area contributed by atoms with Crippen LogP contribution in [0.5, 0.6) is 0 Å². The first-order chi connectivity index (χ1) is 10.7. The van der Waals surface area contributed by atoms with Crippen LogP contribution in [0.3, 0.4) is 0 Å². The minimum Gasteiger partial charge on any atom is -0.277 e. The molecule has 0 bridgehead atoms. The van der Waals surface area contributed by atoms with Gasteiger partial charge >= 0.3 is 11.4 Å². The van der Waals surface area contributed by atoms with Crippen molar-refractivity contribution in [1.29, 1.82) is 5.26 Å². The molecule has 0 saturated carbocycles. The highest BCUT2D eigenvalue weighted by molar-refractivity contribution is 5.78. The summed E-state index contributed by atoms with van der Waals surface area (Å²) in [4.78, 5) is 31.5. The lowest BCUT2D eigenvalue weighted by molar-refractivity contribution is 0.542. The summed E-state index contributed by atoms with van der Waals surface area (Å²) in [5.41, 5.74) is 0.514. The Kier molecular flexibility index (Phi) is 3.74. The molecule has 0 aliphatic heterocycles. The summed E-state index contributed by atoms with van der Waals surface area (Å²) in [6, 6.07) is 9.34. The SMILES string of the molecule is N#CCCCCCn1c(=O)[nH]c2nc3ccccc3n2c1=O. The number of nitriles is 1. The molecule has 0 unspecified atom stereocenters. The van der Waals surface area contributed by atoms with Gasteiger partial charge in [-0.2, -0.15) is 5.26 Å². The van der Waals surface area contributed by atoms with Gasteiger partial charge in [0.2, 0.25) is 5.78 Å². The van der Waals surface area contributed by atoms with Gasteiger partial charge in [-0.3, -0.25) is 4.98 Å². The summed E-state index contributed by atoms with van der Waals surface area (Å²) >= 11 is 0. The number of benzene rings is 1. The van der Waals surface area contributed by atoms with E-state index in [9.17, 15) is 9.59 Å². The summed E-state index contributed by atoms with van der Waals surface area (Å²) in [6.45, 7) is 0.335. The van der Waals surface area contributed by atoms with Crippen LogP contribution < -0.4 is 11.4 Å². The Morgan fingerprint density at radius 1 is 1.18 bits per heavy atom. The molecular formula is C15H15N5O2. The van der Waals surface area contributed by atoms with Crippen molar-refractivity contribution in [1.82, 2.24) is 18.9 Å². The van der Waals surface area contributed by atoms with Crippen molar-refractivity contribution in [2.45, 2.75) is 32.2 Å². The number of hydrogen-bond donors (Lipinski definition) is 1. The fourth-order valence-corrected chi connectivity index (χ4v) is 2.52. The predicted octanol–water partition coefficient (Wildman–Crippen LogP) is 1.42. The average molecular weight is 297 g/mol. The Morgan fingerprint density at radius 2 is 2.00 bits per heavy atom. The number of aromatic nitrogens is 4. The van der Waals surface area contributed by atoms with Crippen LogP contribution in [-0.4, -0.2) is 18.9 Å². The molecular weight excluding hydrogens is 282 g/mol. The van der Waals surface area contributed by atoms with Crippen molar-refractivity contribution < 1.29 is 0 Å². The Morgan fingerprint density at radius 3 is 2.82 bits per heavy atom. The molecule has 2 heterocycles. The van der Waals surface area contributed by atoms with Crippen molar-refractivity contribution in [3.63, 3.8) is 0 Å². The molecule has 1 aromatic carbocycles. The van der Waals surface area contributed by atoms with Crippen LogP contribution in [-0.2, 0) is 6.54 Å². The number of fused-ring (bicyclic) bond motifs is 3. The zero-order chi connectivity index (χ0) is 15.5. The molecule has 7 nitrogen and oxygen atoms in total. The fraction of sp³-hybridized carbons (Fsp3) is 0.333. The Labute approximate surface area is 125 Å². The average Bonchev–Trinajstić information content (AvgIpc) is 2.88. The quantitative estimate of drug-likeness (QED) is 0.720. The third-order valence-electron chi connectivity index (χ3n) is 3.62. The molecule has 112 valence electrons. The van der Waals surface area contributed by atoms with Gasteiger partial charge < -0.3 is 0 Å². The lowest BCUT2D eigenvalue weighted by Gasteiger charge is -2.04. The standard InChI is InChI=1S/C15H15N5O2/c16-9-5-1-2-6-10-19-14(21)18-13-17-11-7-3-4-8-12(11)20(13)15(19)22/h3-4,7-8H,1-2,5-6,10H2,(H,17,18,21). The third kappa shape index (κ3) is 2.39. The molecule has 7 heteroatoms. The predicted molar refractivity (Wildman–Crippen MR) is 81.7 cm³/mol. The van der Waals surface area contributed by atoms with E-state index in [4.69, 9.17) is 5.26 Å². The smallest absolute Gasteiger partial charge is 0.277 e. The maximum absolute atomic E-state index is 12.6. The molecule has 2 aromatic heterocycles. The minimum atomic E-state index is -0.451. The van der Waals surface area contributed by atoms with Gasteiger partial charge in [0.1, 0.15) is 0 Å². The first-order valence-electron chi connectivity index (χ1n) is 7.19. The van der Waals surface area contributed by atoms with Crippen molar-refractivity contribution in [3.8, 4) is 6.07 Å². The molecule has 1 N–H and O–H groups in total. The van der Waals surface area contributed by atoms with E-state index in [1.807, 2.05) is 12.1 Å². The molecule has 22 heavy (non-hydrogen) atoms. The maximum atomic E-state index is 12.6. The van der Waals surface area contributed by atoms with Crippen LogP contribution in [0.15, 0.2) is 33.9 Å². The monoisotopic (exact) mass is 297 g/mol. The number of hydrogen-bond acceptors (Lipinski definition) is 4. The number of imidazole rings is 1. The number of para-hydroxylation sites is 2. The van der Waals surface area contributed by atoms with E-state index in [0.29, 0.717) is 30.4 Å². The summed E-state index contributed by atoms with van der Waals surface area (Å²) in [7, 11) is 0. The van der Waals surface area contributed by atoms with E-state index in [0.717, 1.165) is 12.8 Å². The van der Waals surface area contributed by atoms with Crippen molar-refractivity contribution in [3.05, 3.63) is 45.2 Å². The highest BCUT2D eigenvalue weighted by atomic mass is 16.2. The van der Waals surface area contributed by atoms with E-state index in [-0.39, 0.29) is 11.5 Å². The van der Waals surface area contributed by atoms with E-state index in [2.05, 4.69) is 16.0 Å². The second-order valence-electron chi connectivity index (χ2n) is 5.09. The number of H-pyrrole nitrogens is 1. The van der Waals surface area contributed by atoms with E-state index < -0.39 is 5.69 Å². The lowest BCUT2D eigenvalue weighted by atomic mass is 10.2. The first kappa shape index (κ1) is 14.1. The number of rotatable bonds is 5. The summed E-state index contributed by atoms with van der Waals surface area (Å²) in [5, 5.41) is 8.50. The zero-order valence-corrected chi connectivity index (χ0v) is 12.0. The summed E-state index contributed by atoms with van der Waals surface area (Å²) in [6.07, 6.45) is 2.76. The van der Waals surface area contributed by atoms with Crippen molar-refractivity contribution in [2.75, 3.05) is 0 Å². The molecule has 0 aliphatic carbocycles. The van der Waals surface area contributed by atoms with Gasteiger partial charge in [-0.15, -0.1) is 0 Å². The van der Waals surface area contributed by atoms with Gasteiger partial charge in [0, 0.05) is 13.0 Å². The fourth-order valence-electron chi connectivity index (χ4n) is 2.52. The Hall–Kier alpha value is -2.88. The van der Waals surface area contributed by atoms with E-state index in [1.165, 1.54) is 8.97 Å². The Balaban J connectivity index is 2.00. The number of nitrogens with zero attached hydrogens (tertiary/aromatic N) is 4. The van der Waals surface area contributed by atoms with Crippen LogP contribution in [0.25, 0.3) is 16.8 Å². The maximum Gasteiger partial charge on any atom is 0.339 e. The van der Waals surface area contributed by atoms with Gasteiger partial charge in [0.15, 0.2) is 0 Å². The number of aromatic amines is 1. The molecule has 0 spiro atoms. The van der Waals surface area contributed by atoms with Crippen molar-refractivity contribution in [2.24, 2.45) is 0 Å². The van der Waals surface area contributed by atoms with Gasteiger partial charge in [-0.05, 0) is 25.0 Å². The Bertz CT molecular complexity index is 973. The van der Waals surface area contributed by atoms with Gasteiger partial charge in [0.25, 0.3) is 0 Å². The molecule has 0 fully saturated rings. The highest BCUT2D eigenvalue weighted by Crippen LogP contribution is 2.11. The number of unbranched alkanes of at least 4 members (excludes halogenated alkanes) is 3. The topological polar surface area (TPSA) is 95.9 Å².